The van der Waals surface area contributed by atoms with Crippen LogP contribution in [0.25, 0.3) is 0 Å². The van der Waals surface area contributed by atoms with Gasteiger partial charge in [0.15, 0.2) is 0 Å². The standard InChI is InChI=1S/C13H23NO3S/c1-2-3-4-12(16)14-11-13(17-8-7-15)5-9-18-10-6-13/h2,15H,1,3-11H2,(H,14,16). The lowest BCUT2D eigenvalue weighted by Crippen LogP contribution is -2.48. The van der Waals surface area contributed by atoms with E-state index in [9.17, 15) is 4.79 Å². The number of hydrogen-bond acceptors (Lipinski definition) is 4. The minimum absolute atomic E-state index is 0.0271. The smallest absolute Gasteiger partial charge is 0.220 e. The number of hydrogen-bond donors (Lipinski definition) is 2. The highest BCUT2D eigenvalue weighted by atomic mass is 32.2. The fourth-order valence-electron chi connectivity index (χ4n) is 1.96. The second kappa shape index (κ2) is 8.56. The molecule has 1 aliphatic heterocycles. The topological polar surface area (TPSA) is 58.6 Å². The van der Waals surface area contributed by atoms with E-state index in [2.05, 4.69) is 11.9 Å². The Morgan fingerprint density at radius 2 is 2.22 bits per heavy atom. The summed E-state index contributed by atoms with van der Waals surface area (Å²) in [6.07, 6.45) is 4.79. The first-order valence-electron chi connectivity index (χ1n) is 6.42. The van der Waals surface area contributed by atoms with Crippen LogP contribution < -0.4 is 5.32 Å². The van der Waals surface area contributed by atoms with Crippen molar-refractivity contribution < 1.29 is 14.6 Å². The molecule has 1 heterocycles. The molecule has 0 saturated carbocycles. The van der Waals surface area contributed by atoms with Crippen LogP contribution in [-0.4, -0.2) is 47.9 Å². The first kappa shape index (κ1) is 15.5. The molecule has 0 bridgehead atoms. The summed E-state index contributed by atoms with van der Waals surface area (Å²) in [5.41, 5.74) is -0.280. The lowest BCUT2D eigenvalue weighted by atomic mass is 9.96. The molecule has 0 aromatic heterocycles. The molecule has 0 aromatic carbocycles. The number of thioether (sulfide) groups is 1. The molecule has 0 spiro atoms. The van der Waals surface area contributed by atoms with E-state index in [1.807, 2.05) is 11.8 Å². The molecule has 18 heavy (non-hydrogen) atoms. The second-order valence-electron chi connectivity index (χ2n) is 4.47. The number of amides is 1. The Kier molecular flexibility index (Phi) is 7.39. The van der Waals surface area contributed by atoms with Crippen LogP contribution in [0.1, 0.15) is 25.7 Å². The minimum Gasteiger partial charge on any atom is -0.394 e. The number of aliphatic hydroxyl groups is 1. The average molecular weight is 273 g/mol. The van der Waals surface area contributed by atoms with Gasteiger partial charge in [0.1, 0.15) is 0 Å². The van der Waals surface area contributed by atoms with Crippen molar-refractivity contribution in [3.63, 3.8) is 0 Å². The molecule has 1 aliphatic rings. The zero-order valence-electron chi connectivity index (χ0n) is 10.8. The van der Waals surface area contributed by atoms with E-state index < -0.39 is 0 Å². The Morgan fingerprint density at radius 1 is 1.50 bits per heavy atom. The Balaban J connectivity index is 2.40. The SMILES string of the molecule is C=CCCC(=O)NCC1(OCCO)CCSCC1. The predicted octanol–water partition coefficient (Wildman–Crippen LogP) is 1.34. The van der Waals surface area contributed by atoms with Gasteiger partial charge in [-0.25, -0.2) is 0 Å². The van der Waals surface area contributed by atoms with Gasteiger partial charge in [-0.1, -0.05) is 6.08 Å². The molecule has 0 unspecified atom stereocenters. The molecule has 5 heteroatoms. The molecule has 0 aromatic rings. The van der Waals surface area contributed by atoms with Crippen LogP contribution in [0, 0.1) is 0 Å². The third-order valence-corrected chi connectivity index (χ3v) is 4.07. The lowest BCUT2D eigenvalue weighted by molar-refractivity contribution is -0.123. The van der Waals surface area contributed by atoms with Gasteiger partial charge < -0.3 is 15.2 Å². The first-order chi connectivity index (χ1) is 8.72. The molecule has 0 radical (unpaired) electrons. The normalized spacial score (nSPS) is 18.3. The summed E-state index contributed by atoms with van der Waals surface area (Å²) in [6.45, 7) is 4.51. The molecule has 104 valence electrons. The van der Waals surface area contributed by atoms with E-state index in [0.29, 0.717) is 26.0 Å². The summed E-state index contributed by atoms with van der Waals surface area (Å²) >= 11 is 1.91. The quantitative estimate of drug-likeness (QED) is 0.655. The number of allylic oxidation sites excluding steroid dienone is 1. The van der Waals surface area contributed by atoms with Gasteiger partial charge in [-0.05, 0) is 30.8 Å². The van der Waals surface area contributed by atoms with E-state index in [0.717, 1.165) is 24.3 Å². The van der Waals surface area contributed by atoms with Crippen molar-refractivity contribution in [2.75, 3.05) is 31.3 Å². The fourth-order valence-corrected chi connectivity index (χ4v) is 3.20. The Morgan fingerprint density at radius 3 is 2.83 bits per heavy atom. The van der Waals surface area contributed by atoms with Gasteiger partial charge in [-0.15, -0.1) is 6.58 Å². The highest BCUT2D eigenvalue weighted by Crippen LogP contribution is 2.29. The predicted molar refractivity (Wildman–Crippen MR) is 74.8 cm³/mol. The lowest BCUT2D eigenvalue weighted by Gasteiger charge is -2.37. The van der Waals surface area contributed by atoms with Crippen molar-refractivity contribution in [2.24, 2.45) is 0 Å². The van der Waals surface area contributed by atoms with Gasteiger partial charge in [-0.3, -0.25) is 4.79 Å². The Bertz CT molecular complexity index is 265. The number of nitrogens with one attached hydrogen (secondary N) is 1. The molecule has 4 nitrogen and oxygen atoms in total. The Labute approximate surface area is 113 Å². The van der Waals surface area contributed by atoms with Crippen molar-refractivity contribution in [3.05, 3.63) is 12.7 Å². The summed E-state index contributed by atoms with van der Waals surface area (Å²) < 4.78 is 5.78. The van der Waals surface area contributed by atoms with Crippen LogP contribution in [0.15, 0.2) is 12.7 Å². The summed E-state index contributed by atoms with van der Waals surface area (Å²) in [7, 11) is 0. The van der Waals surface area contributed by atoms with Crippen LogP contribution in [0.4, 0.5) is 0 Å². The maximum Gasteiger partial charge on any atom is 0.220 e. The average Bonchev–Trinajstić information content (AvgIpc) is 2.42. The maximum absolute atomic E-state index is 11.6. The van der Waals surface area contributed by atoms with Crippen LogP contribution in [0.3, 0.4) is 0 Å². The summed E-state index contributed by atoms with van der Waals surface area (Å²) in [5.74, 6) is 2.14. The van der Waals surface area contributed by atoms with E-state index in [-0.39, 0.29) is 18.1 Å². The number of ether oxygens (including phenoxy) is 1. The van der Waals surface area contributed by atoms with Crippen molar-refractivity contribution in [1.29, 1.82) is 0 Å². The van der Waals surface area contributed by atoms with Crippen LogP contribution >= 0.6 is 11.8 Å². The fraction of sp³-hybridized carbons (Fsp3) is 0.769. The Hall–Kier alpha value is -0.520. The molecule has 1 rings (SSSR count). The van der Waals surface area contributed by atoms with Crippen LogP contribution in [0.5, 0.6) is 0 Å². The molecule has 2 N–H and O–H groups in total. The first-order valence-corrected chi connectivity index (χ1v) is 7.58. The van der Waals surface area contributed by atoms with Crippen molar-refractivity contribution in [2.45, 2.75) is 31.3 Å². The molecule has 0 atom stereocenters. The summed E-state index contributed by atoms with van der Waals surface area (Å²) in [6, 6.07) is 0. The number of aliphatic hydroxyl groups excluding tert-OH is 1. The van der Waals surface area contributed by atoms with E-state index in [1.54, 1.807) is 6.08 Å². The van der Waals surface area contributed by atoms with Crippen LogP contribution in [-0.2, 0) is 9.53 Å². The zero-order chi connectivity index (χ0) is 13.3. The summed E-state index contributed by atoms with van der Waals surface area (Å²) in [5, 5.41) is 11.8. The molecule has 1 saturated heterocycles. The number of carbonyl (C=O) groups excluding carboxylic acids is 1. The van der Waals surface area contributed by atoms with Crippen LogP contribution in [0.2, 0.25) is 0 Å². The van der Waals surface area contributed by atoms with Gasteiger partial charge in [0.05, 0.1) is 18.8 Å². The van der Waals surface area contributed by atoms with Gasteiger partial charge in [0, 0.05) is 13.0 Å². The van der Waals surface area contributed by atoms with Gasteiger partial charge in [0.2, 0.25) is 5.91 Å². The molecule has 1 fully saturated rings. The monoisotopic (exact) mass is 273 g/mol. The second-order valence-corrected chi connectivity index (χ2v) is 5.70. The number of carbonyl (C=O) groups is 1. The van der Waals surface area contributed by atoms with Crippen molar-refractivity contribution in [3.8, 4) is 0 Å². The van der Waals surface area contributed by atoms with Crippen molar-refractivity contribution in [1.82, 2.24) is 5.32 Å². The molecular weight excluding hydrogens is 250 g/mol. The van der Waals surface area contributed by atoms with Gasteiger partial charge >= 0.3 is 0 Å². The van der Waals surface area contributed by atoms with E-state index >= 15 is 0 Å². The minimum atomic E-state index is -0.280. The van der Waals surface area contributed by atoms with E-state index in [1.165, 1.54) is 0 Å². The third-order valence-electron chi connectivity index (χ3n) is 3.09. The zero-order valence-corrected chi connectivity index (χ0v) is 11.6. The molecule has 1 amide bonds. The van der Waals surface area contributed by atoms with E-state index in [4.69, 9.17) is 9.84 Å². The largest absolute Gasteiger partial charge is 0.394 e. The van der Waals surface area contributed by atoms with Gasteiger partial charge in [0.25, 0.3) is 0 Å². The summed E-state index contributed by atoms with van der Waals surface area (Å²) in [4.78, 5) is 11.6. The highest BCUT2D eigenvalue weighted by molar-refractivity contribution is 7.99. The number of rotatable bonds is 8. The van der Waals surface area contributed by atoms with Gasteiger partial charge in [-0.2, -0.15) is 11.8 Å². The third kappa shape index (κ3) is 5.42. The molecular formula is C13H23NO3S. The highest BCUT2D eigenvalue weighted by Gasteiger charge is 2.33. The maximum atomic E-state index is 11.6. The molecule has 0 aliphatic carbocycles. The van der Waals surface area contributed by atoms with Crippen molar-refractivity contribution >= 4 is 17.7 Å².